The average molecular weight is 296 g/mol. The Morgan fingerprint density at radius 1 is 1.10 bits per heavy atom. The van der Waals surface area contributed by atoms with Crippen molar-refractivity contribution in [2.75, 3.05) is 0 Å². The number of halogens is 1. The van der Waals surface area contributed by atoms with Crippen LogP contribution in [0, 0.1) is 13.8 Å². The first kappa shape index (κ1) is 15.1. The largest absolute Gasteiger partial charge is 0.307 e. The molecule has 0 aliphatic heterocycles. The minimum atomic E-state index is 0.704. The van der Waals surface area contributed by atoms with Crippen LogP contribution in [0.1, 0.15) is 35.3 Å². The molecule has 0 aliphatic rings. The minimum absolute atomic E-state index is 0.704. The molecule has 6 heteroatoms. The summed E-state index contributed by atoms with van der Waals surface area (Å²) in [7, 11) is 3.90. The lowest BCUT2D eigenvalue weighted by molar-refractivity contribution is 0.620. The Labute approximate surface area is 124 Å². The van der Waals surface area contributed by atoms with Gasteiger partial charge in [0.2, 0.25) is 0 Å². The molecule has 2 rings (SSSR count). The van der Waals surface area contributed by atoms with Crippen LogP contribution in [0.2, 0.25) is 5.02 Å². The first-order chi connectivity index (χ1) is 9.45. The highest BCUT2D eigenvalue weighted by Gasteiger charge is 2.13. The van der Waals surface area contributed by atoms with E-state index in [0.717, 1.165) is 35.1 Å². The lowest BCUT2D eigenvalue weighted by Crippen LogP contribution is -2.16. The summed E-state index contributed by atoms with van der Waals surface area (Å²) in [5.41, 5.74) is 5.51. The molecular formula is C14H22ClN5. The maximum Gasteiger partial charge on any atom is 0.0863 e. The molecule has 0 radical (unpaired) electrons. The van der Waals surface area contributed by atoms with E-state index in [9.17, 15) is 0 Å². The van der Waals surface area contributed by atoms with E-state index in [1.54, 1.807) is 0 Å². The van der Waals surface area contributed by atoms with Crippen LogP contribution < -0.4 is 5.32 Å². The van der Waals surface area contributed by atoms with E-state index in [1.807, 2.05) is 30.4 Å². The van der Waals surface area contributed by atoms with Crippen LogP contribution in [0.3, 0.4) is 0 Å². The number of rotatable bonds is 5. The molecule has 0 fully saturated rings. The average Bonchev–Trinajstić information content (AvgIpc) is 2.81. The third-order valence-corrected chi connectivity index (χ3v) is 4.19. The number of hydrogen-bond acceptors (Lipinski definition) is 3. The summed E-state index contributed by atoms with van der Waals surface area (Å²) >= 11 is 6.34. The molecule has 0 unspecified atom stereocenters. The van der Waals surface area contributed by atoms with Crippen molar-refractivity contribution in [3.05, 3.63) is 33.4 Å². The molecule has 1 N–H and O–H groups in total. The predicted molar refractivity (Wildman–Crippen MR) is 80.8 cm³/mol. The summed E-state index contributed by atoms with van der Waals surface area (Å²) < 4.78 is 3.77. The van der Waals surface area contributed by atoms with Crippen LogP contribution in [-0.4, -0.2) is 19.6 Å². The Hall–Kier alpha value is -1.33. The third kappa shape index (κ3) is 2.74. The molecule has 0 atom stereocenters. The normalized spacial score (nSPS) is 11.3. The quantitative estimate of drug-likeness (QED) is 0.920. The molecule has 0 aromatic carbocycles. The molecule has 5 nitrogen and oxygen atoms in total. The SMILES string of the molecule is CCc1nn(C)c(CNCc2c(C)nn(C)c2C)c1Cl. The monoisotopic (exact) mass is 295 g/mol. The molecule has 20 heavy (non-hydrogen) atoms. The fourth-order valence-electron chi connectivity index (χ4n) is 2.39. The van der Waals surface area contributed by atoms with E-state index in [4.69, 9.17) is 11.6 Å². The zero-order valence-corrected chi connectivity index (χ0v) is 13.5. The number of nitrogens with one attached hydrogen (secondary N) is 1. The van der Waals surface area contributed by atoms with Gasteiger partial charge in [0.15, 0.2) is 0 Å². The smallest absolute Gasteiger partial charge is 0.0863 e. The van der Waals surface area contributed by atoms with Crippen LogP contribution in [0.5, 0.6) is 0 Å². The highest BCUT2D eigenvalue weighted by atomic mass is 35.5. The van der Waals surface area contributed by atoms with Crippen molar-refractivity contribution in [3.63, 3.8) is 0 Å². The molecule has 0 aliphatic carbocycles. The highest BCUT2D eigenvalue weighted by Crippen LogP contribution is 2.20. The molecule has 0 saturated heterocycles. The van der Waals surface area contributed by atoms with Crippen molar-refractivity contribution in [1.29, 1.82) is 0 Å². The molecule has 2 aromatic rings. The molecule has 2 heterocycles. The molecule has 0 amide bonds. The second-order valence-electron chi connectivity index (χ2n) is 5.06. The van der Waals surface area contributed by atoms with E-state index in [2.05, 4.69) is 29.4 Å². The Balaban J connectivity index is 2.05. The zero-order valence-electron chi connectivity index (χ0n) is 12.8. The topological polar surface area (TPSA) is 47.7 Å². The van der Waals surface area contributed by atoms with Gasteiger partial charge in [-0.1, -0.05) is 18.5 Å². The Morgan fingerprint density at radius 2 is 1.80 bits per heavy atom. The van der Waals surface area contributed by atoms with Gasteiger partial charge in [0, 0.05) is 38.4 Å². The number of nitrogens with zero attached hydrogens (tertiary/aromatic N) is 4. The van der Waals surface area contributed by atoms with Gasteiger partial charge in [-0.25, -0.2) is 0 Å². The summed E-state index contributed by atoms with van der Waals surface area (Å²) in [5.74, 6) is 0. The van der Waals surface area contributed by atoms with E-state index in [-0.39, 0.29) is 0 Å². The number of aryl methyl sites for hydroxylation is 4. The van der Waals surface area contributed by atoms with Crippen LogP contribution in [0.25, 0.3) is 0 Å². The summed E-state index contributed by atoms with van der Waals surface area (Å²) in [6, 6.07) is 0. The minimum Gasteiger partial charge on any atom is -0.307 e. The van der Waals surface area contributed by atoms with Gasteiger partial charge in [-0.3, -0.25) is 9.36 Å². The van der Waals surface area contributed by atoms with Crippen molar-refractivity contribution in [2.45, 2.75) is 40.3 Å². The first-order valence-corrected chi connectivity index (χ1v) is 7.23. The predicted octanol–water partition coefficient (Wildman–Crippen LogP) is 2.28. The van der Waals surface area contributed by atoms with Gasteiger partial charge in [0.25, 0.3) is 0 Å². The summed E-state index contributed by atoms with van der Waals surface area (Å²) in [5, 5.41) is 13.1. The van der Waals surface area contributed by atoms with Crippen molar-refractivity contribution in [3.8, 4) is 0 Å². The molecule has 0 saturated carbocycles. The number of aromatic nitrogens is 4. The summed E-state index contributed by atoms with van der Waals surface area (Å²) in [6.45, 7) is 7.68. The lowest BCUT2D eigenvalue weighted by Gasteiger charge is -2.06. The van der Waals surface area contributed by atoms with E-state index < -0.39 is 0 Å². The van der Waals surface area contributed by atoms with Gasteiger partial charge in [-0.05, 0) is 20.3 Å². The molecule has 0 bridgehead atoms. The second kappa shape index (κ2) is 5.97. The Morgan fingerprint density at radius 3 is 2.30 bits per heavy atom. The van der Waals surface area contributed by atoms with Crippen LogP contribution in [0.4, 0.5) is 0 Å². The molecule has 2 aromatic heterocycles. The van der Waals surface area contributed by atoms with Crippen molar-refractivity contribution in [1.82, 2.24) is 24.9 Å². The fraction of sp³-hybridized carbons (Fsp3) is 0.571. The number of hydrogen-bond donors (Lipinski definition) is 1. The van der Waals surface area contributed by atoms with Gasteiger partial charge in [0.05, 0.1) is 22.1 Å². The second-order valence-corrected chi connectivity index (χ2v) is 5.44. The van der Waals surface area contributed by atoms with Crippen molar-refractivity contribution >= 4 is 11.6 Å². The van der Waals surface area contributed by atoms with E-state index in [0.29, 0.717) is 6.54 Å². The molecular weight excluding hydrogens is 274 g/mol. The Bertz CT molecular complexity index is 612. The van der Waals surface area contributed by atoms with Crippen molar-refractivity contribution in [2.24, 2.45) is 14.1 Å². The van der Waals surface area contributed by atoms with Crippen LogP contribution in [-0.2, 0) is 33.6 Å². The van der Waals surface area contributed by atoms with Crippen LogP contribution >= 0.6 is 11.6 Å². The highest BCUT2D eigenvalue weighted by molar-refractivity contribution is 6.31. The van der Waals surface area contributed by atoms with Gasteiger partial charge < -0.3 is 5.32 Å². The first-order valence-electron chi connectivity index (χ1n) is 6.85. The zero-order chi connectivity index (χ0) is 14.9. The van der Waals surface area contributed by atoms with Gasteiger partial charge in [0.1, 0.15) is 0 Å². The molecule has 0 spiro atoms. The molecule has 110 valence electrons. The standard InChI is InChI=1S/C14H22ClN5/c1-6-12-14(15)13(20(5)18-12)8-16-7-11-9(2)17-19(4)10(11)3/h16H,6-8H2,1-5H3. The van der Waals surface area contributed by atoms with Gasteiger partial charge in [-0.2, -0.15) is 10.2 Å². The fourth-order valence-corrected chi connectivity index (χ4v) is 2.75. The van der Waals surface area contributed by atoms with E-state index in [1.165, 1.54) is 11.3 Å². The summed E-state index contributed by atoms with van der Waals surface area (Å²) in [4.78, 5) is 0. The van der Waals surface area contributed by atoms with E-state index >= 15 is 0 Å². The third-order valence-electron chi connectivity index (χ3n) is 3.76. The maximum absolute atomic E-state index is 6.34. The Kier molecular flexibility index (Phi) is 4.50. The lowest BCUT2D eigenvalue weighted by atomic mass is 10.2. The van der Waals surface area contributed by atoms with Gasteiger partial charge >= 0.3 is 0 Å². The van der Waals surface area contributed by atoms with Gasteiger partial charge in [-0.15, -0.1) is 0 Å². The van der Waals surface area contributed by atoms with Crippen molar-refractivity contribution < 1.29 is 0 Å². The maximum atomic E-state index is 6.34. The van der Waals surface area contributed by atoms with Crippen LogP contribution in [0.15, 0.2) is 0 Å². The summed E-state index contributed by atoms with van der Waals surface area (Å²) in [6.07, 6.45) is 0.855.